The summed E-state index contributed by atoms with van der Waals surface area (Å²) < 4.78 is 0. The number of aromatic nitrogens is 1. The third-order valence-corrected chi connectivity index (χ3v) is 4.06. The zero-order chi connectivity index (χ0) is 16.2. The van der Waals surface area contributed by atoms with Crippen LogP contribution in [0.5, 0.6) is 0 Å². The Morgan fingerprint density at radius 3 is 2.61 bits per heavy atom. The topological polar surface area (TPSA) is 54.0 Å². The molecule has 0 saturated heterocycles. The van der Waals surface area contributed by atoms with E-state index in [-0.39, 0.29) is 5.91 Å². The molecule has 0 bridgehead atoms. The third-order valence-electron chi connectivity index (χ3n) is 3.75. The van der Waals surface area contributed by atoms with Crippen molar-refractivity contribution in [2.45, 2.75) is 6.42 Å². The summed E-state index contributed by atoms with van der Waals surface area (Å²) >= 11 is 6.24. The first kappa shape index (κ1) is 15.7. The molecule has 0 aliphatic rings. The van der Waals surface area contributed by atoms with Gasteiger partial charge in [-0.25, -0.2) is 4.98 Å². The summed E-state index contributed by atoms with van der Waals surface area (Å²) in [4.78, 5) is 17.1. The van der Waals surface area contributed by atoms with E-state index < -0.39 is 0 Å². The first-order valence-electron chi connectivity index (χ1n) is 7.61. The molecule has 0 saturated carbocycles. The van der Waals surface area contributed by atoms with E-state index in [4.69, 9.17) is 11.6 Å². The fraction of sp³-hybridized carbons (Fsp3) is 0.222. The van der Waals surface area contributed by atoms with Gasteiger partial charge in [-0.05, 0) is 38.2 Å². The molecule has 5 heteroatoms. The van der Waals surface area contributed by atoms with E-state index in [0.29, 0.717) is 22.6 Å². The molecule has 1 aromatic heterocycles. The number of amides is 1. The second-order valence-electron chi connectivity index (χ2n) is 5.39. The lowest BCUT2D eigenvalue weighted by Gasteiger charge is -2.09. The van der Waals surface area contributed by atoms with E-state index >= 15 is 0 Å². The number of para-hydroxylation sites is 2. The highest BCUT2D eigenvalue weighted by Gasteiger charge is 2.12. The normalized spacial score (nSPS) is 11.0. The van der Waals surface area contributed by atoms with Crippen LogP contribution in [0.25, 0.3) is 21.8 Å². The van der Waals surface area contributed by atoms with Gasteiger partial charge in [-0.3, -0.25) is 4.79 Å². The molecule has 1 amide bonds. The van der Waals surface area contributed by atoms with Gasteiger partial charge in [0, 0.05) is 17.3 Å². The van der Waals surface area contributed by atoms with Crippen molar-refractivity contribution in [1.82, 2.24) is 15.6 Å². The summed E-state index contributed by atoms with van der Waals surface area (Å²) in [7, 11) is 1.89. The van der Waals surface area contributed by atoms with Crippen molar-refractivity contribution in [2.75, 3.05) is 20.1 Å². The van der Waals surface area contributed by atoms with Gasteiger partial charge in [0.15, 0.2) is 0 Å². The molecule has 0 radical (unpaired) electrons. The number of rotatable bonds is 5. The molecule has 2 aromatic carbocycles. The minimum Gasteiger partial charge on any atom is -0.352 e. The summed E-state index contributed by atoms with van der Waals surface area (Å²) in [5.74, 6) is -0.106. The van der Waals surface area contributed by atoms with Gasteiger partial charge in [0.25, 0.3) is 5.91 Å². The SMILES string of the molecule is CNCCCNC(=O)c1cccc2cc3cccc(Cl)c3nc12. The van der Waals surface area contributed by atoms with Crippen LogP contribution in [0.15, 0.2) is 42.5 Å². The predicted octanol–water partition coefficient (Wildman–Crippen LogP) is 3.38. The lowest BCUT2D eigenvalue weighted by atomic mass is 10.1. The Kier molecular flexibility index (Phi) is 4.74. The Morgan fingerprint density at radius 1 is 1.09 bits per heavy atom. The molecule has 3 rings (SSSR count). The van der Waals surface area contributed by atoms with E-state index in [9.17, 15) is 4.79 Å². The van der Waals surface area contributed by atoms with Crippen LogP contribution in [0.1, 0.15) is 16.8 Å². The van der Waals surface area contributed by atoms with Gasteiger partial charge in [-0.15, -0.1) is 0 Å². The van der Waals surface area contributed by atoms with Crippen LogP contribution in [0.3, 0.4) is 0 Å². The maximum absolute atomic E-state index is 12.4. The molecule has 4 nitrogen and oxygen atoms in total. The second kappa shape index (κ2) is 6.94. The zero-order valence-corrected chi connectivity index (χ0v) is 13.7. The fourth-order valence-electron chi connectivity index (χ4n) is 2.59. The van der Waals surface area contributed by atoms with Crippen LogP contribution in [0.2, 0.25) is 5.02 Å². The van der Waals surface area contributed by atoms with Gasteiger partial charge in [0.05, 0.1) is 21.6 Å². The Morgan fingerprint density at radius 2 is 1.83 bits per heavy atom. The lowest BCUT2D eigenvalue weighted by Crippen LogP contribution is -2.26. The maximum Gasteiger partial charge on any atom is 0.253 e. The predicted molar refractivity (Wildman–Crippen MR) is 95.1 cm³/mol. The number of hydrogen-bond donors (Lipinski definition) is 2. The largest absolute Gasteiger partial charge is 0.352 e. The number of nitrogens with zero attached hydrogens (tertiary/aromatic N) is 1. The molecular weight excluding hydrogens is 310 g/mol. The van der Waals surface area contributed by atoms with Crippen molar-refractivity contribution < 1.29 is 4.79 Å². The summed E-state index contributed by atoms with van der Waals surface area (Å²) in [6.45, 7) is 1.50. The molecule has 0 spiro atoms. The van der Waals surface area contributed by atoms with Crippen molar-refractivity contribution in [3.05, 3.63) is 53.1 Å². The lowest BCUT2D eigenvalue weighted by molar-refractivity contribution is 0.0955. The quantitative estimate of drug-likeness (QED) is 0.558. The molecular formula is C18H18ClN3O. The highest BCUT2D eigenvalue weighted by molar-refractivity contribution is 6.35. The van der Waals surface area contributed by atoms with Gasteiger partial charge in [0.1, 0.15) is 0 Å². The van der Waals surface area contributed by atoms with Crippen molar-refractivity contribution in [3.8, 4) is 0 Å². The molecule has 3 aromatic rings. The first-order valence-corrected chi connectivity index (χ1v) is 7.99. The Hall–Kier alpha value is -2.17. The number of fused-ring (bicyclic) bond motifs is 2. The number of hydrogen-bond acceptors (Lipinski definition) is 3. The van der Waals surface area contributed by atoms with Crippen LogP contribution in [-0.2, 0) is 0 Å². The minimum absolute atomic E-state index is 0.106. The van der Waals surface area contributed by atoms with Crippen molar-refractivity contribution in [1.29, 1.82) is 0 Å². The molecule has 1 heterocycles. The number of nitrogens with one attached hydrogen (secondary N) is 2. The fourth-order valence-corrected chi connectivity index (χ4v) is 2.82. The maximum atomic E-state index is 12.4. The second-order valence-corrected chi connectivity index (χ2v) is 5.80. The van der Waals surface area contributed by atoms with E-state index in [0.717, 1.165) is 29.3 Å². The number of halogens is 1. The average molecular weight is 328 g/mol. The van der Waals surface area contributed by atoms with E-state index in [1.807, 2.05) is 43.4 Å². The molecule has 2 N–H and O–H groups in total. The smallest absolute Gasteiger partial charge is 0.253 e. The van der Waals surface area contributed by atoms with Gasteiger partial charge in [0.2, 0.25) is 0 Å². The molecule has 0 fully saturated rings. The Balaban J connectivity index is 2.00. The van der Waals surface area contributed by atoms with Gasteiger partial charge in [-0.1, -0.05) is 35.9 Å². The molecule has 23 heavy (non-hydrogen) atoms. The van der Waals surface area contributed by atoms with Gasteiger partial charge >= 0.3 is 0 Å². The standard InChI is InChI=1S/C18H18ClN3O/c1-20-9-4-10-21-18(23)14-7-2-5-12-11-13-6-3-8-15(19)17(13)22-16(12)14/h2-3,5-8,11,20H,4,9-10H2,1H3,(H,21,23). The van der Waals surface area contributed by atoms with E-state index in [1.54, 1.807) is 6.07 Å². The van der Waals surface area contributed by atoms with Crippen molar-refractivity contribution in [2.24, 2.45) is 0 Å². The van der Waals surface area contributed by atoms with Crippen LogP contribution in [0, 0.1) is 0 Å². The molecule has 0 atom stereocenters. The number of benzene rings is 2. The summed E-state index contributed by atoms with van der Waals surface area (Å²) in [5.41, 5.74) is 1.98. The van der Waals surface area contributed by atoms with Crippen LogP contribution in [0.4, 0.5) is 0 Å². The molecule has 118 valence electrons. The first-order chi connectivity index (χ1) is 11.2. The number of carbonyl (C=O) groups excluding carboxylic acids is 1. The Labute approximate surface area is 139 Å². The van der Waals surface area contributed by atoms with Crippen molar-refractivity contribution in [3.63, 3.8) is 0 Å². The molecule has 0 aliphatic heterocycles. The Bertz CT molecular complexity index is 863. The van der Waals surface area contributed by atoms with Crippen molar-refractivity contribution >= 4 is 39.3 Å². The summed E-state index contributed by atoms with van der Waals surface area (Å²) in [6.07, 6.45) is 0.884. The van der Waals surface area contributed by atoms with Gasteiger partial charge in [-0.2, -0.15) is 0 Å². The number of carbonyl (C=O) groups is 1. The summed E-state index contributed by atoms with van der Waals surface area (Å²) in [6, 6.07) is 13.3. The van der Waals surface area contributed by atoms with Gasteiger partial charge < -0.3 is 10.6 Å². The molecule has 0 aliphatic carbocycles. The van der Waals surface area contributed by atoms with Crippen LogP contribution in [-0.4, -0.2) is 31.0 Å². The average Bonchev–Trinajstić information content (AvgIpc) is 2.57. The summed E-state index contributed by atoms with van der Waals surface area (Å²) in [5, 5.41) is 8.49. The van der Waals surface area contributed by atoms with Crippen LogP contribution >= 0.6 is 11.6 Å². The van der Waals surface area contributed by atoms with E-state index in [1.165, 1.54) is 0 Å². The highest BCUT2D eigenvalue weighted by Crippen LogP contribution is 2.26. The monoisotopic (exact) mass is 327 g/mol. The molecule has 0 unspecified atom stereocenters. The van der Waals surface area contributed by atoms with Crippen LogP contribution < -0.4 is 10.6 Å². The van der Waals surface area contributed by atoms with E-state index in [2.05, 4.69) is 15.6 Å². The number of pyridine rings is 1. The third kappa shape index (κ3) is 3.28. The highest BCUT2D eigenvalue weighted by atomic mass is 35.5. The minimum atomic E-state index is -0.106. The zero-order valence-electron chi connectivity index (χ0n) is 12.9.